The van der Waals surface area contributed by atoms with Crippen LogP contribution in [0.1, 0.15) is 84.5 Å². The largest absolute Gasteiger partial charge is 0.326 e. The molecule has 2 heteroatoms. The van der Waals surface area contributed by atoms with Crippen LogP contribution in [-0.2, 0) is 0 Å². The summed E-state index contributed by atoms with van der Waals surface area (Å²) in [7, 11) is 2.29. The number of likely N-dealkylation sites (N-methyl/N-ethyl adjacent to an activating group) is 1. The molecule has 3 unspecified atom stereocenters. The number of nitrogens with zero attached hydrogens (tertiary/aromatic N) is 1. The maximum atomic E-state index is 6.54. The molecule has 0 heterocycles. The molecule has 3 atom stereocenters. The Morgan fingerprint density at radius 1 is 0.950 bits per heavy atom. The standard InChI is InChI=1S/C18H38N2/c1-4-16(2)15-20(3)18-14-12-10-8-6-5-7-9-11-13-17(18)19/h16-18H,4-15,19H2,1-3H3. The minimum Gasteiger partial charge on any atom is -0.326 e. The van der Waals surface area contributed by atoms with E-state index in [1.54, 1.807) is 0 Å². The monoisotopic (exact) mass is 282 g/mol. The van der Waals surface area contributed by atoms with Gasteiger partial charge < -0.3 is 10.6 Å². The van der Waals surface area contributed by atoms with E-state index in [4.69, 9.17) is 5.73 Å². The molecule has 1 saturated carbocycles. The Balaban J connectivity index is 2.51. The summed E-state index contributed by atoms with van der Waals surface area (Å²) in [5.74, 6) is 0.786. The van der Waals surface area contributed by atoms with E-state index in [9.17, 15) is 0 Å². The van der Waals surface area contributed by atoms with E-state index in [2.05, 4.69) is 25.8 Å². The van der Waals surface area contributed by atoms with Crippen molar-refractivity contribution >= 4 is 0 Å². The first kappa shape index (κ1) is 18.0. The van der Waals surface area contributed by atoms with Gasteiger partial charge in [0, 0.05) is 18.6 Å². The Labute approximate surface area is 127 Å². The molecule has 0 spiro atoms. The molecule has 0 amide bonds. The normalized spacial score (nSPS) is 28.6. The minimum atomic E-state index is 0.378. The summed E-state index contributed by atoms with van der Waals surface area (Å²) in [5.41, 5.74) is 6.54. The highest BCUT2D eigenvalue weighted by atomic mass is 15.1. The number of rotatable bonds is 4. The number of nitrogens with two attached hydrogens (primary N) is 1. The van der Waals surface area contributed by atoms with Crippen molar-refractivity contribution in [2.24, 2.45) is 11.7 Å². The average molecular weight is 283 g/mol. The van der Waals surface area contributed by atoms with Crippen molar-refractivity contribution in [1.29, 1.82) is 0 Å². The van der Waals surface area contributed by atoms with Crippen molar-refractivity contribution in [3.63, 3.8) is 0 Å². The van der Waals surface area contributed by atoms with Gasteiger partial charge in [-0.3, -0.25) is 0 Å². The second-order valence-electron chi connectivity index (χ2n) is 7.09. The van der Waals surface area contributed by atoms with E-state index >= 15 is 0 Å². The Hall–Kier alpha value is -0.0800. The summed E-state index contributed by atoms with van der Waals surface area (Å²) in [6, 6.07) is 0.979. The van der Waals surface area contributed by atoms with Crippen LogP contribution in [0.4, 0.5) is 0 Å². The maximum absolute atomic E-state index is 6.54. The Kier molecular flexibility index (Phi) is 9.54. The quantitative estimate of drug-likeness (QED) is 0.818. The van der Waals surface area contributed by atoms with Crippen LogP contribution in [0.5, 0.6) is 0 Å². The zero-order valence-corrected chi connectivity index (χ0v) is 14.2. The van der Waals surface area contributed by atoms with Crippen LogP contribution in [0.15, 0.2) is 0 Å². The Morgan fingerprint density at radius 3 is 2.00 bits per heavy atom. The number of hydrogen-bond donors (Lipinski definition) is 1. The lowest BCUT2D eigenvalue weighted by Gasteiger charge is -2.34. The van der Waals surface area contributed by atoms with Crippen LogP contribution in [0.2, 0.25) is 0 Å². The molecule has 0 aromatic carbocycles. The Morgan fingerprint density at radius 2 is 1.45 bits per heavy atom. The lowest BCUT2D eigenvalue weighted by molar-refractivity contribution is 0.165. The van der Waals surface area contributed by atoms with Crippen molar-refractivity contribution in [1.82, 2.24) is 4.90 Å². The summed E-state index contributed by atoms with van der Waals surface area (Å²) in [5, 5.41) is 0. The van der Waals surface area contributed by atoms with E-state index in [0.29, 0.717) is 12.1 Å². The van der Waals surface area contributed by atoms with E-state index in [-0.39, 0.29) is 0 Å². The summed E-state index contributed by atoms with van der Waals surface area (Å²) < 4.78 is 0. The second kappa shape index (κ2) is 10.6. The molecule has 0 radical (unpaired) electrons. The predicted molar refractivity (Wildman–Crippen MR) is 90.0 cm³/mol. The second-order valence-corrected chi connectivity index (χ2v) is 7.09. The molecule has 0 aromatic heterocycles. The molecular weight excluding hydrogens is 244 g/mol. The third kappa shape index (κ3) is 7.08. The maximum Gasteiger partial charge on any atom is 0.0244 e. The van der Waals surface area contributed by atoms with Crippen molar-refractivity contribution < 1.29 is 0 Å². The van der Waals surface area contributed by atoms with Crippen LogP contribution in [0.3, 0.4) is 0 Å². The van der Waals surface area contributed by atoms with Crippen molar-refractivity contribution in [2.45, 2.75) is 96.6 Å². The fraction of sp³-hybridized carbons (Fsp3) is 1.00. The van der Waals surface area contributed by atoms with E-state index in [1.165, 1.54) is 77.2 Å². The molecule has 2 N–H and O–H groups in total. The van der Waals surface area contributed by atoms with E-state index in [0.717, 1.165) is 5.92 Å². The van der Waals surface area contributed by atoms with Gasteiger partial charge in [-0.2, -0.15) is 0 Å². The van der Waals surface area contributed by atoms with Gasteiger partial charge >= 0.3 is 0 Å². The highest BCUT2D eigenvalue weighted by Crippen LogP contribution is 2.20. The topological polar surface area (TPSA) is 29.3 Å². The van der Waals surface area contributed by atoms with Gasteiger partial charge in [-0.05, 0) is 25.8 Å². The van der Waals surface area contributed by atoms with Gasteiger partial charge in [0.05, 0.1) is 0 Å². The summed E-state index contributed by atoms with van der Waals surface area (Å²) in [4.78, 5) is 2.56. The van der Waals surface area contributed by atoms with Crippen LogP contribution < -0.4 is 5.73 Å². The van der Waals surface area contributed by atoms with Crippen LogP contribution in [0.25, 0.3) is 0 Å². The van der Waals surface area contributed by atoms with Crippen LogP contribution in [0, 0.1) is 5.92 Å². The lowest BCUT2D eigenvalue weighted by atomic mass is 9.93. The average Bonchev–Trinajstić information content (AvgIpc) is 2.42. The molecule has 1 aliphatic rings. The zero-order chi connectivity index (χ0) is 14.8. The third-order valence-corrected chi connectivity index (χ3v) is 5.14. The molecule has 1 fully saturated rings. The fourth-order valence-electron chi connectivity index (χ4n) is 3.50. The first-order valence-electron chi connectivity index (χ1n) is 9.11. The molecule has 0 aromatic rings. The third-order valence-electron chi connectivity index (χ3n) is 5.14. The molecule has 0 saturated heterocycles. The van der Waals surface area contributed by atoms with Gasteiger partial charge in [-0.25, -0.2) is 0 Å². The van der Waals surface area contributed by atoms with E-state index < -0.39 is 0 Å². The Bertz CT molecular complexity index is 229. The van der Waals surface area contributed by atoms with E-state index in [1.807, 2.05) is 0 Å². The lowest BCUT2D eigenvalue weighted by Crippen LogP contribution is -2.47. The summed E-state index contributed by atoms with van der Waals surface area (Å²) in [6.45, 7) is 5.85. The molecule has 20 heavy (non-hydrogen) atoms. The summed E-state index contributed by atoms with van der Waals surface area (Å²) >= 11 is 0. The molecule has 2 nitrogen and oxygen atoms in total. The molecule has 1 rings (SSSR count). The minimum absolute atomic E-state index is 0.378. The highest BCUT2D eigenvalue weighted by molar-refractivity contribution is 4.81. The molecule has 120 valence electrons. The first-order valence-corrected chi connectivity index (χ1v) is 9.11. The summed E-state index contributed by atoms with van der Waals surface area (Å²) in [6.07, 6.45) is 15.0. The zero-order valence-electron chi connectivity index (χ0n) is 14.2. The fourth-order valence-corrected chi connectivity index (χ4v) is 3.50. The first-order chi connectivity index (χ1) is 9.65. The van der Waals surface area contributed by atoms with Gasteiger partial charge in [0.25, 0.3) is 0 Å². The number of hydrogen-bond acceptors (Lipinski definition) is 2. The van der Waals surface area contributed by atoms with Crippen molar-refractivity contribution in [3.8, 4) is 0 Å². The van der Waals surface area contributed by atoms with Crippen LogP contribution >= 0.6 is 0 Å². The smallest absolute Gasteiger partial charge is 0.0244 e. The molecular formula is C18H38N2. The van der Waals surface area contributed by atoms with Gasteiger partial charge in [0.1, 0.15) is 0 Å². The molecule has 0 bridgehead atoms. The predicted octanol–water partition coefficient (Wildman–Crippen LogP) is 4.57. The van der Waals surface area contributed by atoms with Gasteiger partial charge in [-0.15, -0.1) is 0 Å². The molecule has 0 aliphatic heterocycles. The van der Waals surface area contributed by atoms with Gasteiger partial charge in [0.2, 0.25) is 0 Å². The van der Waals surface area contributed by atoms with Gasteiger partial charge in [0.15, 0.2) is 0 Å². The van der Waals surface area contributed by atoms with Gasteiger partial charge in [-0.1, -0.05) is 71.6 Å². The van der Waals surface area contributed by atoms with Crippen molar-refractivity contribution in [2.75, 3.05) is 13.6 Å². The SMILES string of the molecule is CCC(C)CN(C)C1CCCCCCCCCCC1N. The van der Waals surface area contributed by atoms with Crippen LogP contribution in [-0.4, -0.2) is 30.6 Å². The molecule has 1 aliphatic carbocycles. The van der Waals surface area contributed by atoms with Crippen molar-refractivity contribution in [3.05, 3.63) is 0 Å². The highest BCUT2D eigenvalue weighted by Gasteiger charge is 2.22.